The Bertz CT molecular complexity index is 772. The van der Waals surface area contributed by atoms with Crippen LogP contribution >= 0.6 is 15.9 Å². The van der Waals surface area contributed by atoms with Gasteiger partial charge in [0, 0.05) is 23.1 Å². The fourth-order valence-corrected chi connectivity index (χ4v) is 3.85. The summed E-state index contributed by atoms with van der Waals surface area (Å²) >= 11 is 3.51. The maximum Gasteiger partial charge on any atom is 0.231 e. The highest BCUT2D eigenvalue weighted by molar-refractivity contribution is 9.10. The van der Waals surface area contributed by atoms with E-state index in [0.717, 1.165) is 53.9 Å². The van der Waals surface area contributed by atoms with Crippen molar-refractivity contribution < 1.29 is 9.53 Å². The average Bonchev–Trinajstić information content (AvgIpc) is 3.01. The summed E-state index contributed by atoms with van der Waals surface area (Å²) in [6, 6.07) is 12.3. The number of fused-ring (bicyclic) bond motifs is 2. The first-order chi connectivity index (χ1) is 11.2. The van der Waals surface area contributed by atoms with Crippen LogP contribution in [0, 0.1) is 0 Å². The number of hydrogen-bond acceptors (Lipinski definition) is 2. The molecule has 0 fully saturated rings. The Morgan fingerprint density at radius 3 is 2.96 bits per heavy atom. The minimum Gasteiger partial charge on any atom is -0.493 e. The molecule has 23 heavy (non-hydrogen) atoms. The molecule has 0 aliphatic carbocycles. The second kappa shape index (κ2) is 6.00. The molecule has 2 heterocycles. The maximum absolute atomic E-state index is 12.8. The predicted octanol–water partition coefficient (Wildman–Crippen LogP) is 3.91. The number of carbonyl (C=O) groups is 1. The van der Waals surface area contributed by atoms with E-state index in [1.54, 1.807) is 0 Å². The van der Waals surface area contributed by atoms with Crippen molar-refractivity contribution in [3.05, 3.63) is 57.6 Å². The summed E-state index contributed by atoms with van der Waals surface area (Å²) in [7, 11) is 0. The van der Waals surface area contributed by atoms with E-state index in [0.29, 0.717) is 6.42 Å². The molecule has 4 heteroatoms. The van der Waals surface area contributed by atoms with Gasteiger partial charge in [-0.05, 0) is 53.8 Å². The Labute approximate surface area is 144 Å². The first kappa shape index (κ1) is 14.8. The van der Waals surface area contributed by atoms with Gasteiger partial charge in [0.15, 0.2) is 0 Å². The molecule has 0 spiro atoms. The van der Waals surface area contributed by atoms with Gasteiger partial charge in [-0.25, -0.2) is 0 Å². The number of halogens is 1. The summed E-state index contributed by atoms with van der Waals surface area (Å²) in [5.74, 6) is 1.14. The molecular weight excluding hydrogens is 354 g/mol. The monoisotopic (exact) mass is 371 g/mol. The highest BCUT2D eigenvalue weighted by Crippen LogP contribution is 2.31. The van der Waals surface area contributed by atoms with Crippen LogP contribution in [0.4, 0.5) is 5.69 Å². The standard InChI is InChI=1S/C19H18BrNO2/c20-16-4-5-17-14(12-16)2-1-8-21(17)19(22)11-13-3-6-18-15(10-13)7-9-23-18/h3-6,10,12H,1-2,7-9,11H2. The number of benzene rings is 2. The normalized spacial score (nSPS) is 15.8. The quantitative estimate of drug-likeness (QED) is 0.800. The topological polar surface area (TPSA) is 29.5 Å². The number of hydrogen-bond donors (Lipinski definition) is 0. The molecule has 0 bridgehead atoms. The molecule has 0 N–H and O–H groups in total. The number of nitrogens with zero attached hydrogens (tertiary/aromatic N) is 1. The molecule has 4 rings (SSSR count). The van der Waals surface area contributed by atoms with E-state index in [1.165, 1.54) is 11.1 Å². The Hall–Kier alpha value is -1.81. The maximum atomic E-state index is 12.8. The van der Waals surface area contributed by atoms with Crippen molar-refractivity contribution >= 4 is 27.5 Å². The number of rotatable bonds is 2. The number of carbonyl (C=O) groups excluding carboxylic acids is 1. The van der Waals surface area contributed by atoms with Gasteiger partial charge in [0.25, 0.3) is 0 Å². The fraction of sp³-hybridized carbons (Fsp3) is 0.316. The van der Waals surface area contributed by atoms with Crippen LogP contribution in [0.3, 0.4) is 0 Å². The Morgan fingerprint density at radius 2 is 2.04 bits per heavy atom. The van der Waals surface area contributed by atoms with Crippen LogP contribution in [0.25, 0.3) is 0 Å². The van der Waals surface area contributed by atoms with Crippen LogP contribution in [-0.4, -0.2) is 19.1 Å². The number of anilines is 1. The van der Waals surface area contributed by atoms with Crippen LogP contribution in [-0.2, 0) is 24.1 Å². The lowest BCUT2D eigenvalue weighted by Crippen LogP contribution is -2.36. The lowest BCUT2D eigenvalue weighted by Gasteiger charge is -2.29. The van der Waals surface area contributed by atoms with Gasteiger partial charge in [0.2, 0.25) is 5.91 Å². The third-order valence-electron chi connectivity index (χ3n) is 4.57. The fourth-order valence-electron chi connectivity index (χ4n) is 3.44. The Morgan fingerprint density at radius 1 is 1.13 bits per heavy atom. The summed E-state index contributed by atoms with van der Waals surface area (Å²) in [4.78, 5) is 14.7. The summed E-state index contributed by atoms with van der Waals surface area (Å²) in [6.07, 6.45) is 3.45. The van der Waals surface area contributed by atoms with Crippen LogP contribution < -0.4 is 9.64 Å². The second-order valence-corrected chi connectivity index (χ2v) is 7.05. The van der Waals surface area contributed by atoms with Crippen LogP contribution in [0.1, 0.15) is 23.1 Å². The van der Waals surface area contributed by atoms with Crippen molar-refractivity contribution in [3.8, 4) is 5.75 Å². The molecule has 1 amide bonds. The third kappa shape index (κ3) is 2.88. The molecule has 0 unspecified atom stereocenters. The van der Waals surface area contributed by atoms with Crippen molar-refractivity contribution in [1.29, 1.82) is 0 Å². The summed E-state index contributed by atoms with van der Waals surface area (Å²) in [5, 5.41) is 0. The van der Waals surface area contributed by atoms with Gasteiger partial charge in [-0.3, -0.25) is 4.79 Å². The average molecular weight is 372 g/mol. The van der Waals surface area contributed by atoms with E-state index in [4.69, 9.17) is 4.74 Å². The molecule has 2 aliphatic rings. The molecule has 0 aromatic heterocycles. The molecule has 0 atom stereocenters. The van der Waals surface area contributed by atoms with E-state index in [9.17, 15) is 4.79 Å². The molecule has 2 aliphatic heterocycles. The minimum absolute atomic E-state index is 0.173. The first-order valence-corrected chi connectivity index (χ1v) is 8.83. The zero-order valence-corrected chi connectivity index (χ0v) is 14.4. The van der Waals surface area contributed by atoms with E-state index in [1.807, 2.05) is 29.2 Å². The molecule has 118 valence electrons. The van der Waals surface area contributed by atoms with Crippen molar-refractivity contribution in [2.24, 2.45) is 0 Å². The van der Waals surface area contributed by atoms with E-state index < -0.39 is 0 Å². The lowest BCUT2D eigenvalue weighted by atomic mass is 10.0. The number of amides is 1. The molecule has 2 aromatic carbocycles. The van der Waals surface area contributed by atoms with Gasteiger partial charge >= 0.3 is 0 Å². The SMILES string of the molecule is O=C(Cc1ccc2c(c1)CCO2)N1CCCc2cc(Br)ccc21. The summed E-state index contributed by atoms with van der Waals surface area (Å²) in [5.41, 5.74) is 4.61. The van der Waals surface area contributed by atoms with Crippen LogP contribution in [0.5, 0.6) is 5.75 Å². The second-order valence-electron chi connectivity index (χ2n) is 6.14. The van der Waals surface area contributed by atoms with Gasteiger partial charge in [0.05, 0.1) is 13.0 Å². The van der Waals surface area contributed by atoms with Crippen molar-refractivity contribution in [3.63, 3.8) is 0 Å². The Balaban J connectivity index is 1.56. The lowest BCUT2D eigenvalue weighted by molar-refractivity contribution is -0.118. The molecule has 3 nitrogen and oxygen atoms in total. The van der Waals surface area contributed by atoms with Crippen LogP contribution in [0.2, 0.25) is 0 Å². The van der Waals surface area contributed by atoms with Crippen molar-refractivity contribution in [1.82, 2.24) is 0 Å². The smallest absolute Gasteiger partial charge is 0.231 e. The molecule has 0 saturated heterocycles. The highest BCUT2D eigenvalue weighted by atomic mass is 79.9. The number of aryl methyl sites for hydroxylation is 1. The van der Waals surface area contributed by atoms with Crippen molar-refractivity contribution in [2.45, 2.75) is 25.7 Å². The van der Waals surface area contributed by atoms with Gasteiger partial charge < -0.3 is 9.64 Å². The van der Waals surface area contributed by atoms with Gasteiger partial charge in [-0.1, -0.05) is 28.1 Å². The molecule has 0 saturated carbocycles. The number of ether oxygens (including phenoxy) is 1. The largest absolute Gasteiger partial charge is 0.493 e. The summed E-state index contributed by atoms with van der Waals surface area (Å²) < 4.78 is 6.61. The predicted molar refractivity (Wildman–Crippen MR) is 94.2 cm³/mol. The van der Waals surface area contributed by atoms with Gasteiger partial charge in [-0.2, -0.15) is 0 Å². The molecule has 2 aromatic rings. The van der Waals surface area contributed by atoms with Crippen molar-refractivity contribution in [2.75, 3.05) is 18.1 Å². The highest BCUT2D eigenvalue weighted by Gasteiger charge is 2.23. The van der Waals surface area contributed by atoms with E-state index in [-0.39, 0.29) is 5.91 Å². The van der Waals surface area contributed by atoms with E-state index >= 15 is 0 Å². The molecule has 0 radical (unpaired) electrons. The molecular formula is C19H18BrNO2. The Kier molecular flexibility index (Phi) is 3.85. The zero-order chi connectivity index (χ0) is 15.8. The zero-order valence-electron chi connectivity index (χ0n) is 12.8. The minimum atomic E-state index is 0.173. The first-order valence-electron chi connectivity index (χ1n) is 8.04. The third-order valence-corrected chi connectivity index (χ3v) is 5.06. The summed E-state index contributed by atoms with van der Waals surface area (Å²) in [6.45, 7) is 1.56. The van der Waals surface area contributed by atoms with Gasteiger partial charge in [0.1, 0.15) is 5.75 Å². The van der Waals surface area contributed by atoms with Crippen LogP contribution in [0.15, 0.2) is 40.9 Å². The van der Waals surface area contributed by atoms with E-state index in [2.05, 4.69) is 28.1 Å². The van der Waals surface area contributed by atoms with Gasteiger partial charge in [-0.15, -0.1) is 0 Å².